The summed E-state index contributed by atoms with van der Waals surface area (Å²) < 4.78 is 0. The number of carbonyl (C=O) groups is 2. The normalized spacial score (nSPS) is 11.8. The molecule has 0 aromatic heterocycles. The summed E-state index contributed by atoms with van der Waals surface area (Å²) in [5.74, 6) is -1.38. The number of rotatable bonds is 3. The van der Waals surface area contributed by atoms with Crippen molar-refractivity contribution in [3.05, 3.63) is 11.8 Å². The summed E-state index contributed by atoms with van der Waals surface area (Å²) in [6, 6.07) is 0. The number of Topliss-reactive ketones (excluding diaryl/α,β-unsaturated/α-hetero) is 1. The third-order valence-electron chi connectivity index (χ3n) is 1.21. The Hall–Kier alpha value is -1.12. The zero-order valence-corrected chi connectivity index (χ0v) is 6.92. The number of aliphatic hydroxyl groups is 1. The Morgan fingerprint density at radius 2 is 1.82 bits per heavy atom. The van der Waals surface area contributed by atoms with Crippen LogP contribution < -0.4 is 0 Å². The van der Waals surface area contributed by atoms with Gasteiger partial charge in [-0.1, -0.05) is 13.8 Å². The van der Waals surface area contributed by atoms with Crippen LogP contribution in [0.1, 0.15) is 20.8 Å². The van der Waals surface area contributed by atoms with Crippen LogP contribution in [0.15, 0.2) is 11.8 Å². The molecule has 0 heterocycles. The van der Waals surface area contributed by atoms with Crippen molar-refractivity contribution in [3.8, 4) is 0 Å². The van der Waals surface area contributed by atoms with Crippen molar-refractivity contribution in [1.29, 1.82) is 0 Å². The highest BCUT2D eigenvalue weighted by Crippen LogP contribution is 1.98. The molecule has 0 fully saturated rings. The Labute approximate surface area is 65.7 Å². The van der Waals surface area contributed by atoms with Crippen molar-refractivity contribution in [2.75, 3.05) is 0 Å². The minimum Gasteiger partial charge on any atom is -0.504 e. The lowest BCUT2D eigenvalue weighted by atomic mass is 10.1. The smallest absolute Gasteiger partial charge is 0.194 e. The quantitative estimate of drug-likeness (QED) is 0.494. The zero-order chi connectivity index (χ0) is 9.02. The average molecular weight is 156 g/mol. The van der Waals surface area contributed by atoms with E-state index in [1.807, 2.05) is 0 Å². The number of hydrogen-bond donors (Lipinski definition) is 1. The average Bonchev–Trinajstić information content (AvgIpc) is 1.87. The fourth-order valence-electron chi connectivity index (χ4n) is 0.403. The van der Waals surface area contributed by atoms with Gasteiger partial charge in [-0.05, 0) is 0 Å². The molecule has 3 heteroatoms. The molecule has 11 heavy (non-hydrogen) atoms. The van der Waals surface area contributed by atoms with E-state index in [0.29, 0.717) is 0 Å². The predicted octanol–water partition coefficient (Wildman–Crippen LogP) is 1.24. The Morgan fingerprint density at radius 3 is 2.09 bits per heavy atom. The van der Waals surface area contributed by atoms with Crippen LogP contribution in [0.25, 0.3) is 0 Å². The van der Waals surface area contributed by atoms with Crippen LogP contribution >= 0.6 is 0 Å². The molecule has 0 radical (unpaired) electrons. The molecule has 0 amide bonds. The summed E-state index contributed by atoms with van der Waals surface area (Å²) in [4.78, 5) is 21.3. The monoisotopic (exact) mass is 156 g/mol. The van der Waals surface area contributed by atoms with Crippen LogP contribution in [0.3, 0.4) is 0 Å². The molecule has 0 rings (SSSR count). The first-order valence-electron chi connectivity index (χ1n) is 3.40. The van der Waals surface area contributed by atoms with E-state index < -0.39 is 11.5 Å². The van der Waals surface area contributed by atoms with Crippen LogP contribution in [0, 0.1) is 5.92 Å². The van der Waals surface area contributed by atoms with Crippen molar-refractivity contribution in [3.63, 3.8) is 0 Å². The van der Waals surface area contributed by atoms with E-state index in [-0.39, 0.29) is 11.7 Å². The van der Waals surface area contributed by atoms with Gasteiger partial charge in [0.05, 0.1) is 0 Å². The molecule has 0 aliphatic rings. The second-order valence-corrected chi connectivity index (χ2v) is 2.64. The van der Waals surface area contributed by atoms with E-state index >= 15 is 0 Å². The lowest BCUT2D eigenvalue weighted by Crippen LogP contribution is -2.06. The van der Waals surface area contributed by atoms with Crippen molar-refractivity contribution in [2.45, 2.75) is 20.8 Å². The van der Waals surface area contributed by atoms with Crippen LogP contribution in [0.4, 0.5) is 0 Å². The molecule has 0 aromatic carbocycles. The van der Waals surface area contributed by atoms with Crippen molar-refractivity contribution in [1.82, 2.24) is 0 Å². The van der Waals surface area contributed by atoms with E-state index in [4.69, 9.17) is 5.11 Å². The molecule has 0 saturated heterocycles. The molecule has 0 atom stereocenters. The minimum atomic E-state index is -0.487. The highest BCUT2D eigenvalue weighted by Gasteiger charge is 2.07. The molecule has 0 aromatic rings. The molecule has 0 unspecified atom stereocenters. The van der Waals surface area contributed by atoms with Crippen molar-refractivity contribution in [2.24, 2.45) is 5.92 Å². The zero-order valence-electron chi connectivity index (χ0n) is 6.92. The summed E-state index contributed by atoms with van der Waals surface area (Å²) in [5, 5.41) is 8.84. The van der Waals surface area contributed by atoms with Gasteiger partial charge >= 0.3 is 0 Å². The highest BCUT2D eigenvalue weighted by atomic mass is 16.3. The first-order valence-corrected chi connectivity index (χ1v) is 3.40. The van der Waals surface area contributed by atoms with Gasteiger partial charge in [0.1, 0.15) is 0 Å². The summed E-state index contributed by atoms with van der Waals surface area (Å²) in [5.41, 5.74) is 0. The second-order valence-electron chi connectivity index (χ2n) is 2.64. The standard InChI is InChI=1S/C8H12O3/c1-5(2)7(10)4-8(11)6(3)9/h4-5,11H,1-3H3/b8-4-. The molecular formula is C8H12O3. The van der Waals surface area contributed by atoms with Gasteiger partial charge in [0.25, 0.3) is 0 Å². The molecule has 0 spiro atoms. The third-order valence-corrected chi connectivity index (χ3v) is 1.21. The van der Waals surface area contributed by atoms with Crippen LogP contribution in [-0.2, 0) is 9.59 Å². The van der Waals surface area contributed by atoms with Crippen molar-refractivity contribution < 1.29 is 14.7 Å². The van der Waals surface area contributed by atoms with Gasteiger partial charge in [0, 0.05) is 18.9 Å². The molecule has 0 bridgehead atoms. The molecule has 0 aliphatic carbocycles. The van der Waals surface area contributed by atoms with Gasteiger partial charge in [-0.3, -0.25) is 9.59 Å². The highest BCUT2D eigenvalue weighted by molar-refractivity contribution is 6.00. The van der Waals surface area contributed by atoms with E-state index in [2.05, 4.69) is 0 Å². The Balaban J connectivity index is 4.32. The SMILES string of the molecule is CC(=O)/C(O)=C/C(=O)C(C)C. The molecular weight excluding hydrogens is 144 g/mol. The minimum absolute atomic E-state index is 0.184. The molecule has 0 saturated carbocycles. The number of carbonyl (C=O) groups excluding carboxylic acids is 2. The van der Waals surface area contributed by atoms with E-state index in [9.17, 15) is 9.59 Å². The predicted molar refractivity (Wildman–Crippen MR) is 41.2 cm³/mol. The maximum absolute atomic E-state index is 10.9. The Morgan fingerprint density at radius 1 is 1.36 bits per heavy atom. The number of hydrogen-bond acceptors (Lipinski definition) is 3. The van der Waals surface area contributed by atoms with E-state index in [1.54, 1.807) is 13.8 Å². The summed E-state index contributed by atoms with van der Waals surface area (Å²) in [6.45, 7) is 4.61. The van der Waals surface area contributed by atoms with Crippen LogP contribution in [-0.4, -0.2) is 16.7 Å². The Kier molecular flexibility index (Phi) is 3.51. The van der Waals surface area contributed by atoms with Crippen molar-refractivity contribution >= 4 is 11.6 Å². The second kappa shape index (κ2) is 3.91. The van der Waals surface area contributed by atoms with Gasteiger partial charge in [-0.15, -0.1) is 0 Å². The van der Waals surface area contributed by atoms with Gasteiger partial charge in [0.15, 0.2) is 17.3 Å². The number of ketones is 2. The molecule has 3 nitrogen and oxygen atoms in total. The van der Waals surface area contributed by atoms with Crippen LogP contribution in [0.2, 0.25) is 0 Å². The first kappa shape index (κ1) is 9.88. The van der Waals surface area contributed by atoms with Gasteiger partial charge in [-0.2, -0.15) is 0 Å². The lowest BCUT2D eigenvalue weighted by molar-refractivity contribution is -0.119. The summed E-state index contributed by atoms with van der Waals surface area (Å²) in [7, 11) is 0. The van der Waals surface area contributed by atoms with Gasteiger partial charge in [-0.25, -0.2) is 0 Å². The first-order chi connectivity index (χ1) is 4.95. The Bertz CT molecular complexity index is 201. The number of allylic oxidation sites excluding steroid dienone is 2. The van der Waals surface area contributed by atoms with E-state index in [1.165, 1.54) is 6.92 Å². The lowest BCUT2D eigenvalue weighted by Gasteiger charge is -1.97. The largest absolute Gasteiger partial charge is 0.504 e. The fourth-order valence-corrected chi connectivity index (χ4v) is 0.403. The topological polar surface area (TPSA) is 54.4 Å². The van der Waals surface area contributed by atoms with Crippen LogP contribution in [0.5, 0.6) is 0 Å². The molecule has 0 aliphatic heterocycles. The fraction of sp³-hybridized carbons (Fsp3) is 0.500. The van der Waals surface area contributed by atoms with E-state index in [0.717, 1.165) is 6.08 Å². The number of aliphatic hydroxyl groups excluding tert-OH is 1. The van der Waals surface area contributed by atoms with Gasteiger partial charge < -0.3 is 5.11 Å². The third kappa shape index (κ3) is 3.55. The molecule has 1 N–H and O–H groups in total. The maximum Gasteiger partial charge on any atom is 0.194 e. The molecule has 62 valence electrons. The summed E-state index contributed by atoms with van der Waals surface area (Å²) >= 11 is 0. The maximum atomic E-state index is 10.9. The van der Waals surface area contributed by atoms with Gasteiger partial charge in [0.2, 0.25) is 0 Å². The summed E-state index contributed by atoms with van der Waals surface area (Å²) in [6.07, 6.45) is 0.965.